The second kappa shape index (κ2) is 9.64. The molecule has 25 heavy (non-hydrogen) atoms. The summed E-state index contributed by atoms with van der Waals surface area (Å²) >= 11 is 4.23. The fourth-order valence-corrected chi connectivity index (χ4v) is 4.75. The van der Waals surface area contributed by atoms with E-state index in [4.69, 9.17) is 4.74 Å². The van der Waals surface area contributed by atoms with Crippen LogP contribution in [0, 0.1) is 0 Å². The molecule has 7 nitrogen and oxygen atoms in total. The number of benzene rings is 1. The van der Waals surface area contributed by atoms with Gasteiger partial charge >= 0.3 is 6.09 Å². The average molecular weight is 400 g/mol. The Bertz CT molecular complexity index is 721. The van der Waals surface area contributed by atoms with Crippen molar-refractivity contribution in [2.75, 3.05) is 14.2 Å². The number of amides is 2. The number of rotatable bonds is 7. The fraction of sp³-hybridized carbons (Fsp3) is 0.333. The molecule has 1 aromatic carbocycles. The van der Waals surface area contributed by atoms with Crippen molar-refractivity contribution in [3.63, 3.8) is 0 Å². The molecule has 0 radical (unpaired) electrons. The van der Waals surface area contributed by atoms with E-state index in [1.54, 1.807) is 25.8 Å². The third-order valence-electron chi connectivity index (χ3n) is 2.97. The standard InChI is InChI=1S/C15H17N3O4S3/c1-9(12(19)16-13(20)22-3)24-15-18-17-14(25-15)23-8-10-4-6-11(21-2)7-5-10/h4-7,9H,8H2,1-3H3,(H,16,19,20)/t9-/m0/s1. The number of imide groups is 1. The van der Waals surface area contributed by atoms with Gasteiger partial charge in [-0.2, -0.15) is 0 Å². The fourth-order valence-electron chi connectivity index (χ4n) is 1.63. The van der Waals surface area contributed by atoms with E-state index in [9.17, 15) is 9.59 Å². The van der Waals surface area contributed by atoms with Crippen LogP contribution in [-0.4, -0.2) is 41.7 Å². The van der Waals surface area contributed by atoms with E-state index >= 15 is 0 Å². The van der Waals surface area contributed by atoms with Crippen LogP contribution in [0.3, 0.4) is 0 Å². The number of thioether (sulfide) groups is 2. The molecule has 1 heterocycles. The van der Waals surface area contributed by atoms with Gasteiger partial charge in [0.05, 0.1) is 19.5 Å². The SMILES string of the molecule is COC(=O)NC(=O)[C@H](C)Sc1nnc(SCc2ccc(OC)cc2)s1. The zero-order chi connectivity index (χ0) is 18.2. The van der Waals surface area contributed by atoms with Gasteiger partial charge in [0.1, 0.15) is 5.75 Å². The highest BCUT2D eigenvalue weighted by atomic mass is 32.2. The summed E-state index contributed by atoms with van der Waals surface area (Å²) < 4.78 is 11.0. The predicted molar refractivity (Wildman–Crippen MR) is 98.3 cm³/mol. The summed E-state index contributed by atoms with van der Waals surface area (Å²) in [6.07, 6.45) is -0.773. The van der Waals surface area contributed by atoms with Crippen molar-refractivity contribution >= 4 is 46.9 Å². The van der Waals surface area contributed by atoms with Crippen molar-refractivity contribution in [2.45, 2.75) is 26.6 Å². The first-order valence-electron chi connectivity index (χ1n) is 7.16. The number of nitrogens with zero attached hydrogens (tertiary/aromatic N) is 2. The van der Waals surface area contributed by atoms with Gasteiger partial charge in [0.2, 0.25) is 5.91 Å². The van der Waals surface area contributed by atoms with Crippen LogP contribution in [0.5, 0.6) is 5.75 Å². The Morgan fingerprint density at radius 3 is 2.52 bits per heavy atom. The zero-order valence-electron chi connectivity index (χ0n) is 13.8. The number of aromatic nitrogens is 2. The second-order valence-corrected chi connectivity index (χ2v) is 8.50. The Balaban J connectivity index is 1.84. The van der Waals surface area contributed by atoms with Gasteiger partial charge in [-0.25, -0.2) is 4.79 Å². The lowest BCUT2D eigenvalue weighted by atomic mass is 10.2. The van der Waals surface area contributed by atoms with Gasteiger partial charge in [0, 0.05) is 5.75 Å². The van der Waals surface area contributed by atoms with Crippen molar-refractivity contribution in [3.05, 3.63) is 29.8 Å². The van der Waals surface area contributed by atoms with Gasteiger partial charge in [-0.05, 0) is 24.6 Å². The summed E-state index contributed by atoms with van der Waals surface area (Å²) in [5.74, 6) is 1.16. The van der Waals surface area contributed by atoms with Crippen LogP contribution in [-0.2, 0) is 15.3 Å². The molecule has 0 bridgehead atoms. The van der Waals surface area contributed by atoms with Gasteiger partial charge < -0.3 is 9.47 Å². The Hall–Kier alpha value is -1.78. The zero-order valence-corrected chi connectivity index (χ0v) is 16.3. The Labute approximate surface area is 157 Å². The maximum absolute atomic E-state index is 11.8. The number of hydrogen-bond donors (Lipinski definition) is 1. The number of nitrogens with one attached hydrogen (secondary N) is 1. The van der Waals surface area contributed by atoms with Crippen LogP contribution < -0.4 is 10.1 Å². The van der Waals surface area contributed by atoms with Crippen LogP contribution in [0.15, 0.2) is 32.9 Å². The highest BCUT2D eigenvalue weighted by Crippen LogP contribution is 2.32. The van der Waals surface area contributed by atoms with E-state index in [1.165, 1.54) is 30.2 Å². The van der Waals surface area contributed by atoms with E-state index in [0.29, 0.717) is 4.34 Å². The minimum absolute atomic E-state index is 0.431. The molecule has 0 aliphatic carbocycles. The first kappa shape index (κ1) is 19.5. The van der Waals surface area contributed by atoms with Crippen LogP contribution in [0.1, 0.15) is 12.5 Å². The molecule has 1 N–H and O–H groups in total. The van der Waals surface area contributed by atoms with E-state index in [0.717, 1.165) is 21.4 Å². The summed E-state index contributed by atoms with van der Waals surface area (Å²) in [5, 5.41) is 9.84. The highest BCUT2D eigenvalue weighted by molar-refractivity contribution is 8.03. The molecule has 10 heteroatoms. The lowest BCUT2D eigenvalue weighted by molar-refractivity contribution is -0.119. The molecule has 0 saturated carbocycles. The van der Waals surface area contributed by atoms with Crippen LogP contribution in [0.4, 0.5) is 4.79 Å². The van der Waals surface area contributed by atoms with Gasteiger partial charge in [-0.1, -0.05) is 47.0 Å². The van der Waals surface area contributed by atoms with E-state index in [2.05, 4.69) is 20.3 Å². The lowest BCUT2D eigenvalue weighted by Crippen LogP contribution is -2.35. The number of ether oxygens (including phenoxy) is 2. The number of methoxy groups -OCH3 is 2. The smallest absolute Gasteiger partial charge is 0.413 e. The summed E-state index contributed by atoms with van der Waals surface area (Å²) in [7, 11) is 2.84. The van der Waals surface area contributed by atoms with Crippen molar-refractivity contribution < 1.29 is 19.1 Å². The normalized spacial score (nSPS) is 11.6. The average Bonchev–Trinajstić information content (AvgIpc) is 3.07. The predicted octanol–water partition coefficient (Wildman–Crippen LogP) is 3.20. The molecule has 1 aromatic heterocycles. The molecule has 0 unspecified atom stereocenters. The molecule has 2 aromatic rings. The van der Waals surface area contributed by atoms with E-state index in [-0.39, 0.29) is 0 Å². The summed E-state index contributed by atoms with van der Waals surface area (Å²) in [5.41, 5.74) is 1.15. The summed E-state index contributed by atoms with van der Waals surface area (Å²) in [6.45, 7) is 1.69. The van der Waals surface area contributed by atoms with E-state index in [1.807, 2.05) is 24.3 Å². The Morgan fingerprint density at radius 2 is 1.88 bits per heavy atom. The molecule has 2 rings (SSSR count). The molecule has 0 spiro atoms. The minimum Gasteiger partial charge on any atom is -0.497 e. The van der Waals surface area contributed by atoms with Crippen molar-refractivity contribution in [1.82, 2.24) is 15.5 Å². The van der Waals surface area contributed by atoms with Crippen LogP contribution >= 0.6 is 34.9 Å². The van der Waals surface area contributed by atoms with Crippen molar-refractivity contribution in [1.29, 1.82) is 0 Å². The molecule has 0 fully saturated rings. The maximum atomic E-state index is 11.8. The monoisotopic (exact) mass is 399 g/mol. The summed E-state index contributed by atoms with van der Waals surface area (Å²) in [4.78, 5) is 22.8. The lowest BCUT2D eigenvalue weighted by Gasteiger charge is -2.07. The number of carbonyl (C=O) groups is 2. The second-order valence-electron chi connectivity index (χ2n) is 4.71. The molecule has 1 atom stereocenters. The summed E-state index contributed by atoms with van der Waals surface area (Å²) in [6, 6.07) is 7.83. The van der Waals surface area contributed by atoms with Crippen molar-refractivity contribution in [3.8, 4) is 5.75 Å². The Morgan fingerprint density at radius 1 is 1.20 bits per heavy atom. The Kier molecular flexibility index (Phi) is 7.53. The third-order valence-corrected chi connectivity index (χ3v) is 6.28. The largest absolute Gasteiger partial charge is 0.497 e. The van der Waals surface area contributed by atoms with Crippen molar-refractivity contribution in [2.24, 2.45) is 0 Å². The molecular weight excluding hydrogens is 382 g/mol. The van der Waals surface area contributed by atoms with Gasteiger partial charge in [0.25, 0.3) is 0 Å². The van der Waals surface area contributed by atoms with Gasteiger partial charge in [0.15, 0.2) is 8.68 Å². The molecule has 0 saturated heterocycles. The first-order chi connectivity index (χ1) is 12.0. The molecule has 134 valence electrons. The number of alkyl carbamates (subject to hydrolysis) is 1. The third kappa shape index (κ3) is 6.22. The van der Waals surface area contributed by atoms with Gasteiger partial charge in [-0.3, -0.25) is 10.1 Å². The maximum Gasteiger partial charge on any atom is 0.413 e. The number of carbonyl (C=O) groups excluding carboxylic acids is 2. The first-order valence-corrected chi connectivity index (χ1v) is 9.84. The molecule has 2 amide bonds. The molecular formula is C15H17N3O4S3. The highest BCUT2D eigenvalue weighted by Gasteiger charge is 2.19. The molecule has 0 aliphatic rings. The van der Waals surface area contributed by atoms with E-state index < -0.39 is 17.3 Å². The molecule has 0 aliphatic heterocycles. The number of hydrogen-bond acceptors (Lipinski definition) is 9. The quantitative estimate of drug-likeness (QED) is 0.710. The van der Waals surface area contributed by atoms with Gasteiger partial charge in [-0.15, -0.1) is 10.2 Å². The van der Waals surface area contributed by atoms with Crippen LogP contribution in [0.25, 0.3) is 0 Å². The topological polar surface area (TPSA) is 90.4 Å². The van der Waals surface area contributed by atoms with Crippen LogP contribution in [0.2, 0.25) is 0 Å². The minimum atomic E-state index is -0.773.